The summed E-state index contributed by atoms with van der Waals surface area (Å²) in [6.45, 7) is 2.16. The number of anilines is 1. The van der Waals surface area contributed by atoms with Crippen molar-refractivity contribution in [2.45, 2.75) is 38.0 Å². The zero-order valence-electron chi connectivity index (χ0n) is 17.2. The normalized spacial score (nSPS) is 24.6. The van der Waals surface area contributed by atoms with E-state index in [4.69, 9.17) is 16.3 Å². The number of hydrogen-bond donors (Lipinski definition) is 3. The van der Waals surface area contributed by atoms with Crippen molar-refractivity contribution in [3.8, 4) is 11.1 Å². The van der Waals surface area contributed by atoms with Gasteiger partial charge in [0.1, 0.15) is 30.2 Å². The fraction of sp³-hybridized carbons (Fsp3) is 0.261. The van der Waals surface area contributed by atoms with E-state index in [9.17, 15) is 14.6 Å². The van der Waals surface area contributed by atoms with Crippen LogP contribution in [0.5, 0.6) is 0 Å². The van der Waals surface area contributed by atoms with E-state index in [1.165, 1.54) is 12.1 Å². The van der Waals surface area contributed by atoms with Gasteiger partial charge in [0, 0.05) is 23.4 Å². The second-order valence-corrected chi connectivity index (χ2v) is 8.35. The lowest BCUT2D eigenvalue weighted by atomic mass is 10.0. The number of nitrogens with one attached hydrogen (secondary N) is 1. The van der Waals surface area contributed by atoms with E-state index in [2.05, 4.69) is 10.4 Å². The molecule has 3 aromatic rings. The van der Waals surface area contributed by atoms with Crippen LogP contribution < -0.4 is 5.43 Å². The van der Waals surface area contributed by atoms with Crippen molar-refractivity contribution in [3.05, 3.63) is 71.1 Å². The minimum Gasteiger partial charge on any atom is -0.388 e. The van der Waals surface area contributed by atoms with Crippen LogP contribution in [0, 0.1) is 5.82 Å². The van der Waals surface area contributed by atoms with Gasteiger partial charge in [0.15, 0.2) is 6.23 Å². The van der Waals surface area contributed by atoms with Gasteiger partial charge in [0.05, 0.1) is 23.4 Å². The molecule has 0 amide bonds. The summed E-state index contributed by atoms with van der Waals surface area (Å²) in [5, 5.41) is 22.5. The molecule has 2 aliphatic heterocycles. The lowest BCUT2D eigenvalue weighted by Crippen LogP contribution is -2.31. The third-order valence-electron chi connectivity index (χ3n) is 5.78. The first-order chi connectivity index (χ1) is 15.4. The minimum absolute atomic E-state index is 0.0557. The number of nitrogens with zero attached hydrogens (tertiary/aromatic N) is 3. The summed E-state index contributed by atoms with van der Waals surface area (Å²) in [7, 11) is 0. The predicted molar refractivity (Wildman–Crippen MR) is 120 cm³/mol. The van der Waals surface area contributed by atoms with E-state index in [0.717, 1.165) is 16.7 Å². The summed E-state index contributed by atoms with van der Waals surface area (Å²) < 4.78 is 21.5. The lowest BCUT2D eigenvalue weighted by molar-refractivity contribution is -0.0308. The van der Waals surface area contributed by atoms with E-state index in [0.29, 0.717) is 18.1 Å². The highest BCUT2D eigenvalue weighted by atomic mass is 35.5. The zero-order valence-corrected chi connectivity index (χ0v) is 17.9. The van der Waals surface area contributed by atoms with Crippen LogP contribution in [0.2, 0.25) is 5.02 Å². The molecule has 32 heavy (non-hydrogen) atoms. The van der Waals surface area contributed by atoms with Gasteiger partial charge < -0.3 is 19.5 Å². The van der Waals surface area contributed by atoms with Crippen LogP contribution in [0.1, 0.15) is 18.7 Å². The van der Waals surface area contributed by atoms with Crippen molar-refractivity contribution in [3.63, 3.8) is 0 Å². The monoisotopic (exact) mass is 456 g/mol. The Balaban J connectivity index is 1.51. The summed E-state index contributed by atoms with van der Waals surface area (Å²) in [6.07, 6.45) is 0.173. The third kappa shape index (κ3) is 3.65. The molecule has 4 atom stereocenters. The zero-order chi connectivity index (χ0) is 22.4. The first-order valence-electron chi connectivity index (χ1n) is 10.3. The average Bonchev–Trinajstić information content (AvgIpc) is 3.29. The molecule has 0 bridgehead atoms. The molecule has 0 unspecified atom stereocenters. The summed E-state index contributed by atoms with van der Waals surface area (Å²) in [6, 6.07) is 14.3. The molecule has 9 heteroatoms. The summed E-state index contributed by atoms with van der Waals surface area (Å²) >= 11 is 5.78. The number of halogens is 2. The highest BCUT2D eigenvalue weighted by Crippen LogP contribution is 2.41. The second kappa shape index (κ2) is 8.22. The Morgan fingerprint density at radius 2 is 1.94 bits per heavy atom. The number of fused-ring (bicyclic) bond motifs is 1. The fourth-order valence-corrected chi connectivity index (χ4v) is 4.23. The van der Waals surface area contributed by atoms with Crippen LogP contribution >= 0.6 is 11.6 Å². The third-order valence-corrected chi connectivity index (χ3v) is 6.09. The summed E-state index contributed by atoms with van der Waals surface area (Å²) in [5.74, 6) is 0.122. The molecule has 166 valence electrons. The molecular weight excluding hydrogens is 435 g/mol. The number of aliphatic hydroxyl groups is 2. The van der Waals surface area contributed by atoms with Gasteiger partial charge >= 0.3 is 0 Å². The molecule has 5 rings (SSSR count). The van der Waals surface area contributed by atoms with Crippen molar-refractivity contribution in [1.82, 2.24) is 9.58 Å². The van der Waals surface area contributed by atoms with Crippen molar-refractivity contribution in [1.29, 1.82) is 0 Å². The smallest absolute Gasteiger partial charge is 0.164 e. The second-order valence-electron chi connectivity index (χ2n) is 7.94. The maximum atomic E-state index is 13.8. The maximum absolute atomic E-state index is 13.8. The molecule has 0 radical (unpaired) electrons. The van der Waals surface area contributed by atoms with Crippen LogP contribution in [0.25, 0.3) is 11.1 Å². The van der Waals surface area contributed by atoms with Gasteiger partial charge in [0.2, 0.25) is 0 Å². The van der Waals surface area contributed by atoms with Crippen LogP contribution in [0.4, 0.5) is 15.9 Å². The highest BCUT2D eigenvalue weighted by Gasteiger charge is 2.42. The van der Waals surface area contributed by atoms with Crippen LogP contribution in [0.15, 0.2) is 59.7 Å². The molecule has 2 aliphatic rings. The molecule has 1 fully saturated rings. The van der Waals surface area contributed by atoms with Crippen molar-refractivity contribution < 1.29 is 19.3 Å². The van der Waals surface area contributed by atoms with E-state index in [1.54, 1.807) is 28.9 Å². The van der Waals surface area contributed by atoms with E-state index in [1.807, 2.05) is 36.5 Å². The Morgan fingerprint density at radius 1 is 1.16 bits per heavy atom. The number of hydrogen-bond acceptors (Lipinski definition) is 6. The van der Waals surface area contributed by atoms with Gasteiger partial charge in [0.25, 0.3) is 0 Å². The van der Waals surface area contributed by atoms with Crippen molar-refractivity contribution >= 4 is 29.4 Å². The largest absolute Gasteiger partial charge is 0.388 e. The quantitative estimate of drug-likeness (QED) is 0.551. The highest BCUT2D eigenvalue weighted by molar-refractivity contribution is 6.30. The van der Waals surface area contributed by atoms with E-state index in [-0.39, 0.29) is 5.02 Å². The topological polar surface area (TPSA) is 82.2 Å². The number of benzene rings is 2. The summed E-state index contributed by atoms with van der Waals surface area (Å²) in [4.78, 5) is 4.59. The van der Waals surface area contributed by atoms with Gasteiger partial charge in [-0.25, -0.2) is 9.38 Å². The molecular formula is C23H22ClFN4O3. The molecule has 3 heterocycles. The van der Waals surface area contributed by atoms with Gasteiger partial charge in [-0.3, -0.25) is 10.4 Å². The number of aliphatic imine (C=N–C) groups is 1. The Morgan fingerprint density at radius 3 is 2.62 bits per heavy atom. The molecule has 0 aliphatic carbocycles. The van der Waals surface area contributed by atoms with Gasteiger partial charge in [-0.2, -0.15) is 0 Å². The SMILES string of the molecule is C[C@H]1O[C@@H](n2cc(-c3ccccc3)c3c2N=CN(Nc2ccc(Cl)c(F)c2)C3)[C@H](O)[C@@H]1O. The Kier molecular flexibility index (Phi) is 5.38. The number of aliphatic hydroxyl groups excluding tert-OH is 2. The van der Waals surface area contributed by atoms with Crippen molar-refractivity contribution in [2.75, 3.05) is 5.43 Å². The molecule has 0 spiro atoms. The molecule has 7 nitrogen and oxygen atoms in total. The minimum atomic E-state index is -1.08. The number of aromatic nitrogens is 1. The molecule has 1 aromatic heterocycles. The first-order valence-corrected chi connectivity index (χ1v) is 10.6. The Labute approximate surface area is 189 Å². The van der Waals surface area contributed by atoms with Crippen molar-refractivity contribution in [2.24, 2.45) is 4.99 Å². The van der Waals surface area contributed by atoms with E-state index < -0.39 is 30.4 Å². The number of ether oxygens (including phenoxy) is 1. The summed E-state index contributed by atoms with van der Waals surface area (Å²) in [5.41, 5.74) is 6.48. The number of hydrazine groups is 1. The molecule has 1 saturated heterocycles. The predicted octanol–water partition coefficient (Wildman–Crippen LogP) is 4.09. The first kappa shape index (κ1) is 21.0. The molecule has 0 saturated carbocycles. The van der Waals surface area contributed by atoms with Crippen LogP contribution in [-0.2, 0) is 11.3 Å². The van der Waals surface area contributed by atoms with Crippen LogP contribution in [-0.4, -0.2) is 44.4 Å². The Hall–Kier alpha value is -2.91. The average molecular weight is 457 g/mol. The van der Waals surface area contributed by atoms with E-state index >= 15 is 0 Å². The molecule has 3 N–H and O–H groups in total. The van der Waals surface area contributed by atoms with Gasteiger partial charge in [-0.05, 0) is 24.6 Å². The lowest BCUT2D eigenvalue weighted by Gasteiger charge is -2.26. The molecule has 2 aromatic carbocycles. The van der Waals surface area contributed by atoms with Gasteiger partial charge in [-0.15, -0.1) is 0 Å². The van der Waals surface area contributed by atoms with Crippen LogP contribution in [0.3, 0.4) is 0 Å². The standard InChI is InChI=1S/C23H22ClFN4O3/c1-13-20(30)21(31)23(32-13)29-11-16(14-5-3-2-4-6-14)17-10-28(12-26-22(17)29)27-15-7-8-18(24)19(25)9-15/h2-9,11-13,20-21,23,27,30-31H,10H2,1H3/t13-,20-,21-,23-/m1/s1. The fourth-order valence-electron chi connectivity index (χ4n) is 4.11. The van der Waals surface area contributed by atoms with Gasteiger partial charge in [-0.1, -0.05) is 41.9 Å². The number of rotatable bonds is 4. The maximum Gasteiger partial charge on any atom is 0.164 e. The Bertz CT molecular complexity index is 1170.